The van der Waals surface area contributed by atoms with Crippen LogP contribution in [0.3, 0.4) is 0 Å². The molecule has 0 saturated carbocycles. The number of hydrogen-bond acceptors (Lipinski definition) is 5. The molecule has 1 saturated heterocycles. The minimum absolute atomic E-state index is 0. The molecule has 1 aromatic rings. The van der Waals surface area contributed by atoms with E-state index in [9.17, 15) is 8.42 Å². The minimum atomic E-state index is -3.04. The number of hydrogen-bond donors (Lipinski definition) is 2. The minimum Gasteiger partial charge on any atom is -0.383 e. The summed E-state index contributed by atoms with van der Waals surface area (Å²) in [7, 11) is -1.32. The lowest BCUT2D eigenvalue weighted by Gasteiger charge is -2.39. The molecule has 1 aliphatic heterocycles. The van der Waals surface area contributed by atoms with Crippen LogP contribution in [0.4, 0.5) is 5.69 Å². The van der Waals surface area contributed by atoms with Crippen LogP contribution in [-0.4, -0.2) is 68.0 Å². The fraction of sp³-hybridized carbons (Fsp3) is 0.600. The van der Waals surface area contributed by atoms with E-state index in [2.05, 4.69) is 20.6 Å². The van der Waals surface area contributed by atoms with E-state index in [0.717, 1.165) is 18.2 Å². The zero-order chi connectivity index (χ0) is 16.9. The molecule has 9 heteroatoms. The van der Waals surface area contributed by atoms with E-state index >= 15 is 0 Å². The topological polar surface area (TPSA) is 86.7 Å². The summed E-state index contributed by atoms with van der Waals surface area (Å²) in [5.74, 6) is 0.903. The van der Waals surface area contributed by atoms with Crippen molar-refractivity contribution in [3.05, 3.63) is 24.5 Å². The summed E-state index contributed by atoms with van der Waals surface area (Å²) < 4.78 is 23.4. The third kappa shape index (κ3) is 5.20. The van der Waals surface area contributed by atoms with Crippen LogP contribution in [0.1, 0.15) is 13.8 Å². The highest BCUT2D eigenvalue weighted by Gasteiger charge is 2.40. The third-order valence-electron chi connectivity index (χ3n) is 3.97. The monoisotopic (exact) mass is 467 g/mol. The van der Waals surface area contributed by atoms with Crippen molar-refractivity contribution in [3.8, 4) is 0 Å². The van der Waals surface area contributed by atoms with E-state index in [4.69, 9.17) is 0 Å². The number of pyridine rings is 1. The standard InChI is InChI=1S/C15H25N5O2S.HI/c1-15(2)12-20(10-11-23(15,21)22)14(16-3)19-9-8-18-13-4-6-17-7-5-13;/h4-7H,8-12H2,1-3H3,(H,16,19)(H,17,18);1H. The summed E-state index contributed by atoms with van der Waals surface area (Å²) in [4.78, 5) is 10.2. The van der Waals surface area contributed by atoms with Gasteiger partial charge in [-0.1, -0.05) is 0 Å². The van der Waals surface area contributed by atoms with Gasteiger partial charge in [0.15, 0.2) is 15.8 Å². The predicted octanol–water partition coefficient (Wildman–Crippen LogP) is 1.20. The van der Waals surface area contributed by atoms with E-state index < -0.39 is 14.6 Å². The summed E-state index contributed by atoms with van der Waals surface area (Å²) in [6.07, 6.45) is 3.48. The number of anilines is 1. The average molecular weight is 467 g/mol. The Morgan fingerprint density at radius 2 is 2.00 bits per heavy atom. The van der Waals surface area contributed by atoms with Crippen LogP contribution in [0.2, 0.25) is 0 Å². The van der Waals surface area contributed by atoms with Crippen molar-refractivity contribution in [2.24, 2.45) is 4.99 Å². The Kier molecular flexibility index (Phi) is 7.71. The number of aromatic nitrogens is 1. The highest BCUT2D eigenvalue weighted by molar-refractivity contribution is 14.0. The van der Waals surface area contributed by atoms with Gasteiger partial charge in [-0.05, 0) is 26.0 Å². The van der Waals surface area contributed by atoms with Gasteiger partial charge in [0.1, 0.15) is 0 Å². The molecule has 2 N–H and O–H groups in total. The number of guanidine groups is 1. The van der Waals surface area contributed by atoms with Gasteiger partial charge in [-0.15, -0.1) is 24.0 Å². The molecule has 0 atom stereocenters. The lowest BCUT2D eigenvalue weighted by atomic mass is 10.2. The van der Waals surface area contributed by atoms with E-state index in [0.29, 0.717) is 19.6 Å². The largest absolute Gasteiger partial charge is 0.383 e. The Labute approximate surface area is 161 Å². The Balaban J connectivity index is 0.00000288. The Bertz CT molecular complexity index is 649. The van der Waals surface area contributed by atoms with Gasteiger partial charge in [-0.2, -0.15) is 0 Å². The van der Waals surface area contributed by atoms with Gasteiger partial charge in [0, 0.05) is 51.3 Å². The summed E-state index contributed by atoms with van der Waals surface area (Å²) in [5, 5.41) is 6.56. The molecular weight excluding hydrogens is 441 g/mol. The second-order valence-corrected chi connectivity index (χ2v) is 8.88. The zero-order valence-corrected chi connectivity index (χ0v) is 17.5. The Morgan fingerprint density at radius 1 is 1.33 bits per heavy atom. The molecule has 2 heterocycles. The first kappa shape index (κ1) is 20.9. The summed E-state index contributed by atoms with van der Waals surface area (Å²) in [6.45, 7) is 5.90. The number of halogens is 1. The van der Waals surface area contributed by atoms with Gasteiger partial charge in [0.25, 0.3) is 0 Å². The normalized spacial score (nSPS) is 19.3. The van der Waals surface area contributed by atoms with Crippen LogP contribution in [0, 0.1) is 0 Å². The molecule has 1 aliphatic rings. The molecule has 2 rings (SSSR count). The van der Waals surface area contributed by atoms with Crippen LogP contribution in [0.25, 0.3) is 0 Å². The Hall–Kier alpha value is -1.10. The average Bonchev–Trinajstić information content (AvgIpc) is 2.51. The lowest BCUT2D eigenvalue weighted by molar-refractivity contribution is 0.354. The molecule has 0 bridgehead atoms. The number of aliphatic imine (C=N–C) groups is 1. The second kappa shape index (κ2) is 8.84. The van der Waals surface area contributed by atoms with E-state index in [1.54, 1.807) is 33.3 Å². The van der Waals surface area contributed by atoms with Crippen molar-refractivity contribution in [2.75, 3.05) is 44.3 Å². The van der Waals surface area contributed by atoms with Crippen molar-refractivity contribution < 1.29 is 8.42 Å². The first-order chi connectivity index (χ1) is 10.9. The number of nitrogens with zero attached hydrogens (tertiary/aromatic N) is 3. The second-order valence-electron chi connectivity index (χ2n) is 6.14. The van der Waals surface area contributed by atoms with Crippen LogP contribution in [0.5, 0.6) is 0 Å². The molecule has 136 valence electrons. The van der Waals surface area contributed by atoms with E-state index in [-0.39, 0.29) is 29.7 Å². The molecule has 7 nitrogen and oxygen atoms in total. The summed E-state index contributed by atoms with van der Waals surface area (Å²) >= 11 is 0. The van der Waals surface area contributed by atoms with E-state index in [1.807, 2.05) is 17.0 Å². The zero-order valence-electron chi connectivity index (χ0n) is 14.3. The predicted molar refractivity (Wildman–Crippen MR) is 109 cm³/mol. The summed E-state index contributed by atoms with van der Waals surface area (Å²) in [6, 6.07) is 3.82. The molecule has 0 radical (unpaired) electrons. The first-order valence-corrected chi connectivity index (χ1v) is 9.33. The van der Waals surface area contributed by atoms with Crippen molar-refractivity contribution in [3.63, 3.8) is 0 Å². The Morgan fingerprint density at radius 3 is 2.58 bits per heavy atom. The fourth-order valence-electron chi connectivity index (χ4n) is 2.51. The maximum atomic E-state index is 12.1. The quantitative estimate of drug-likeness (QED) is 0.300. The molecule has 0 amide bonds. The van der Waals surface area contributed by atoms with Gasteiger partial charge in [-0.3, -0.25) is 9.98 Å². The smallest absolute Gasteiger partial charge is 0.193 e. The maximum Gasteiger partial charge on any atom is 0.193 e. The molecule has 0 spiro atoms. The van der Waals surface area contributed by atoms with Crippen LogP contribution in [0.15, 0.2) is 29.5 Å². The number of nitrogens with one attached hydrogen (secondary N) is 2. The van der Waals surface area contributed by atoms with Crippen LogP contribution >= 0.6 is 24.0 Å². The van der Waals surface area contributed by atoms with Crippen molar-refractivity contribution >= 4 is 45.5 Å². The maximum absolute atomic E-state index is 12.1. The van der Waals surface area contributed by atoms with Gasteiger partial charge in [-0.25, -0.2) is 8.42 Å². The molecule has 1 aromatic heterocycles. The first-order valence-electron chi connectivity index (χ1n) is 7.67. The van der Waals surface area contributed by atoms with Crippen molar-refractivity contribution in [1.82, 2.24) is 15.2 Å². The molecular formula is C15H26IN5O2S. The molecule has 0 aliphatic carbocycles. The van der Waals surface area contributed by atoms with Crippen molar-refractivity contribution in [1.29, 1.82) is 0 Å². The highest BCUT2D eigenvalue weighted by atomic mass is 127. The summed E-state index contributed by atoms with van der Waals surface area (Å²) in [5.41, 5.74) is 1.02. The fourth-order valence-corrected chi connectivity index (χ4v) is 3.87. The van der Waals surface area contributed by atoms with Gasteiger partial charge < -0.3 is 15.5 Å². The van der Waals surface area contributed by atoms with Crippen LogP contribution in [-0.2, 0) is 9.84 Å². The van der Waals surface area contributed by atoms with Gasteiger partial charge in [0.05, 0.1) is 10.5 Å². The highest BCUT2D eigenvalue weighted by Crippen LogP contribution is 2.23. The number of rotatable bonds is 4. The molecule has 0 unspecified atom stereocenters. The van der Waals surface area contributed by atoms with Gasteiger partial charge in [0.2, 0.25) is 0 Å². The van der Waals surface area contributed by atoms with E-state index in [1.165, 1.54) is 0 Å². The molecule has 1 fully saturated rings. The molecule has 24 heavy (non-hydrogen) atoms. The van der Waals surface area contributed by atoms with Gasteiger partial charge >= 0.3 is 0 Å². The molecule has 0 aromatic carbocycles. The van der Waals surface area contributed by atoms with Crippen LogP contribution < -0.4 is 10.6 Å². The SMILES string of the molecule is CN=C(NCCNc1ccncc1)N1CCS(=O)(=O)C(C)(C)C1.I. The number of sulfone groups is 1. The third-order valence-corrected chi connectivity index (χ3v) is 6.51. The lowest BCUT2D eigenvalue weighted by Crippen LogP contribution is -2.57. The van der Waals surface area contributed by atoms with Crippen molar-refractivity contribution in [2.45, 2.75) is 18.6 Å².